The van der Waals surface area contributed by atoms with Crippen LogP contribution in [0.15, 0.2) is 15.4 Å². The van der Waals surface area contributed by atoms with E-state index in [9.17, 15) is 4.79 Å². The molecule has 0 aliphatic rings. The minimum Gasteiger partial charge on any atom is -0.295 e. The average Bonchev–Trinajstić information content (AvgIpc) is 2.31. The van der Waals surface area contributed by atoms with Crippen LogP contribution in [0.4, 0.5) is 0 Å². The van der Waals surface area contributed by atoms with E-state index in [2.05, 4.69) is 20.9 Å². The molecule has 1 heterocycles. The molecule has 0 amide bonds. The summed E-state index contributed by atoms with van der Waals surface area (Å²) < 4.78 is 0.954. The number of hydrogen-bond donors (Lipinski definition) is 0. The third kappa shape index (κ3) is 2.55. The molecule has 1 aromatic rings. The van der Waals surface area contributed by atoms with E-state index >= 15 is 0 Å². The second kappa shape index (κ2) is 3.78. The van der Waals surface area contributed by atoms with Crippen LogP contribution in [0, 0.1) is 0 Å². The third-order valence-corrected chi connectivity index (χ3v) is 2.62. The highest BCUT2D eigenvalue weighted by Crippen LogP contribution is 2.21. The van der Waals surface area contributed by atoms with E-state index in [1.807, 2.05) is 0 Å². The summed E-state index contributed by atoms with van der Waals surface area (Å²) >= 11 is 4.81. The molecule has 0 radical (unpaired) electrons. The number of carbonyl (C=O) groups excluding carboxylic acids is 1. The lowest BCUT2D eigenvalue weighted by Gasteiger charge is -1.83. The van der Waals surface area contributed by atoms with Crippen LogP contribution in [0.5, 0.6) is 0 Å². The van der Waals surface area contributed by atoms with Crippen molar-refractivity contribution in [3.8, 4) is 0 Å². The van der Waals surface area contributed by atoms with Crippen molar-refractivity contribution in [2.45, 2.75) is 6.92 Å². The van der Waals surface area contributed by atoms with Gasteiger partial charge in [0.25, 0.3) is 0 Å². The van der Waals surface area contributed by atoms with Gasteiger partial charge in [0, 0.05) is 0 Å². The molecule has 0 fully saturated rings. The van der Waals surface area contributed by atoms with Crippen molar-refractivity contribution < 1.29 is 4.79 Å². The highest BCUT2D eigenvalue weighted by Gasteiger charge is 1.97. The van der Waals surface area contributed by atoms with Crippen molar-refractivity contribution >= 4 is 39.1 Å². The molecule has 11 heavy (non-hydrogen) atoms. The van der Waals surface area contributed by atoms with Crippen molar-refractivity contribution in [2.75, 3.05) is 0 Å². The molecule has 0 unspecified atom stereocenters. The quantitative estimate of drug-likeness (QED) is 0.733. The number of nitrogens with zero attached hydrogens (tertiary/aromatic N) is 1. The Kier molecular flexibility index (Phi) is 2.96. The summed E-state index contributed by atoms with van der Waals surface area (Å²) in [6.45, 7) is 1.51. The van der Waals surface area contributed by atoms with Gasteiger partial charge in [0.15, 0.2) is 5.78 Å². The van der Waals surface area contributed by atoms with Crippen molar-refractivity contribution in [3.63, 3.8) is 0 Å². The molecule has 0 aliphatic carbocycles. The van der Waals surface area contributed by atoms with Gasteiger partial charge in [-0.1, -0.05) is 0 Å². The lowest BCUT2D eigenvalue weighted by molar-refractivity contribution is -0.112. The number of hydrogen-bond acceptors (Lipinski definition) is 3. The molecule has 0 aromatic carbocycles. The number of allylic oxidation sites excluding steroid dienone is 1. The first-order chi connectivity index (χ1) is 5.20. The van der Waals surface area contributed by atoms with Gasteiger partial charge in [-0.3, -0.25) is 4.79 Å². The van der Waals surface area contributed by atoms with E-state index < -0.39 is 0 Å². The monoisotopic (exact) mass is 231 g/mol. The van der Waals surface area contributed by atoms with E-state index in [-0.39, 0.29) is 5.78 Å². The molecule has 0 spiro atoms. The van der Waals surface area contributed by atoms with E-state index in [1.165, 1.54) is 24.3 Å². The molecule has 2 nitrogen and oxygen atoms in total. The number of halogens is 1. The van der Waals surface area contributed by atoms with Gasteiger partial charge in [-0.15, -0.1) is 11.3 Å². The van der Waals surface area contributed by atoms with Crippen LogP contribution in [-0.4, -0.2) is 10.8 Å². The number of ketones is 1. The smallest absolute Gasteiger partial charge is 0.152 e. The zero-order valence-electron chi connectivity index (χ0n) is 5.87. The SMILES string of the molecule is CC(=O)/C=C/c1ncsc1Br. The highest BCUT2D eigenvalue weighted by molar-refractivity contribution is 9.11. The fraction of sp³-hybridized carbons (Fsp3) is 0.143. The van der Waals surface area contributed by atoms with Crippen molar-refractivity contribution in [1.29, 1.82) is 0 Å². The van der Waals surface area contributed by atoms with Gasteiger partial charge in [0.1, 0.15) is 0 Å². The first-order valence-electron chi connectivity index (χ1n) is 2.98. The fourth-order valence-corrected chi connectivity index (χ4v) is 1.53. The summed E-state index contributed by atoms with van der Waals surface area (Å²) in [7, 11) is 0. The van der Waals surface area contributed by atoms with Gasteiger partial charge in [0.2, 0.25) is 0 Å². The maximum Gasteiger partial charge on any atom is 0.152 e. The minimum atomic E-state index is 0.0323. The zero-order chi connectivity index (χ0) is 8.27. The lowest BCUT2D eigenvalue weighted by Crippen LogP contribution is -1.80. The molecule has 0 aliphatic heterocycles. The highest BCUT2D eigenvalue weighted by atomic mass is 79.9. The number of thiazole rings is 1. The molecular weight excluding hydrogens is 226 g/mol. The van der Waals surface area contributed by atoms with Crippen molar-refractivity contribution in [2.24, 2.45) is 0 Å². The second-order valence-corrected chi connectivity index (χ2v) is 4.13. The van der Waals surface area contributed by atoms with Crippen LogP contribution in [0.3, 0.4) is 0 Å². The van der Waals surface area contributed by atoms with Gasteiger partial charge in [0.05, 0.1) is 15.0 Å². The zero-order valence-corrected chi connectivity index (χ0v) is 8.28. The lowest BCUT2D eigenvalue weighted by atomic mass is 10.3. The minimum absolute atomic E-state index is 0.0323. The molecule has 58 valence electrons. The molecule has 0 saturated heterocycles. The van der Waals surface area contributed by atoms with Gasteiger partial charge in [-0.25, -0.2) is 4.98 Å². The molecule has 1 aromatic heterocycles. The number of aromatic nitrogens is 1. The molecular formula is C7H6BrNOS. The largest absolute Gasteiger partial charge is 0.295 e. The molecule has 0 atom stereocenters. The Morgan fingerprint density at radius 3 is 3.00 bits per heavy atom. The van der Waals surface area contributed by atoms with Gasteiger partial charge < -0.3 is 0 Å². The summed E-state index contributed by atoms with van der Waals surface area (Å²) in [6, 6.07) is 0. The number of carbonyl (C=O) groups is 1. The van der Waals surface area contributed by atoms with Crippen LogP contribution in [0.2, 0.25) is 0 Å². The van der Waals surface area contributed by atoms with Gasteiger partial charge in [-0.05, 0) is 35.0 Å². The van der Waals surface area contributed by atoms with E-state index in [4.69, 9.17) is 0 Å². The van der Waals surface area contributed by atoms with Crippen molar-refractivity contribution in [3.05, 3.63) is 21.1 Å². The topological polar surface area (TPSA) is 30.0 Å². The van der Waals surface area contributed by atoms with Gasteiger partial charge >= 0.3 is 0 Å². The Labute approximate surface area is 77.1 Å². The van der Waals surface area contributed by atoms with E-state index in [0.717, 1.165) is 9.48 Å². The molecule has 1 rings (SSSR count). The standard InChI is InChI=1S/C7H6BrNOS/c1-5(10)2-3-6-7(8)11-4-9-6/h2-4H,1H3/b3-2+. The predicted octanol–water partition coefficient (Wildman–Crippen LogP) is 2.51. The predicted molar refractivity (Wildman–Crippen MR) is 49.5 cm³/mol. The molecule has 0 bridgehead atoms. The van der Waals surface area contributed by atoms with Gasteiger partial charge in [-0.2, -0.15) is 0 Å². The van der Waals surface area contributed by atoms with Crippen LogP contribution in [-0.2, 0) is 4.79 Å². The van der Waals surface area contributed by atoms with E-state index in [0.29, 0.717) is 0 Å². The average molecular weight is 232 g/mol. The number of rotatable bonds is 2. The fourth-order valence-electron chi connectivity index (χ4n) is 0.545. The van der Waals surface area contributed by atoms with E-state index in [1.54, 1.807) is 11.6 Å². The van der Waals surface area contributed by atoms with Crippen LogP contribution < -0.4 is 0 Å². The first kappa shape index (κ1) is 8.62. The summed E-state index contributed by atoms with van der Waals surface area (Å²) in [5, 5.41) is 0. The third-order valence-electron chi connectivity index (χ3n) is 1.03. The Hall–Kier alpha value is -0.480. The Balaban J connectivity index is 2.79. The van der Waals surface area contributed by atoms with Crippen LogP contribution >= 0.6 is 27.3 Å². The van der Waals surface area contributed by atoms with Crippen LogP contribution in [0.25, 0.3) is 6.08 Å². The first-order valence-corrected chi connectivity index (χ1v) is 4.65. The molecule has 4 heteroatoms. The molecule has 0 N–H and O–H groups in total. The maximum atomic E-state index is 10.5. The Morgan fingerprint density at radius 1 is 1.82 bits per heavy atom. The van der Waals surface area contributed by atoms with Crippen molar-refractivity contribution in [1.82, 2.24) is 4.98 Å². The Bertz CT molecular complexity index is 292. The Morgan fingerprint density at radius 2 is 2.55 bits per heavy atom. The maximum absolute atomic E-state index is 10.5. The summed E-state index contributed by atoms with van der Waals surface area (Å²) in [6.07, 6.45) is 3.20. The van der Waals surface area contributed by atoms with Crippen LogP contribution in [0.1, 0.15) is 12.6 Å². The summed E-state index contributed by atoms with van der Waals surface area (Å²) in [5.41, 5.74) is 2.54. The molecule has 0 saturated carbocycles. The summed E-state index contributed by atoms with van der Waals surface area (Å²) in [4.78, 5) is 14.5. The second-order valence-electron chi connectivity index (χ2n) is 1.96. The summed E-state index contributed by atoms with van der Waals surface area (Å²) in [5.74, 6) is 0.0323. The normalized spacial score (nSPS) is 10.7.